The van der Waals surface area contributed by atoms with Crippen LogP contribution in [0.5, 0.6) is 0 Å². The molecule has 9 heteroatoms. The average molecular weight is 249 g/mol. The van der Waals surface area contributed by atoms with Crippen molar-refractivity contribution in [3.05, 3.63) is 12.4 Å². The second-order valence-electron chi connectivity index (χ2n) is 3.11. The van der Waals surface area contributed by atoms with Gasteiger partial charge < -0.3 is 10.2 Å². The van der Waals surface area contributed by atoms with E-state index in [2.05, 4.69) is 10.2 Å². The Kier molecular flexibility index (Phi) is 3.62. The average Bonchev–Trinajstić information content (AvgIpc) is 2.66. The molecule has 16 heavy (non-hydrogen) atoms. The lowest BCUT2D eigenvalue weighted by atomic mass is 10.2. The first-order chi connectivity index (χ1) is 7.34. The fourth-order valence-electron chi connectivity index (χ4n) is 0.976. The largest absolute Gasteiger partial charge is 0.480 e. The van der Waals surface area contributed by atoms with Crippen LogP contribution in [-0.4, -0.2) is 46.9 Å². The van der Waals surface area contributed by atoms with E-state index in [4.69, 9.17) is 10.2 Å². The van der Waals surface area contributed by atoms with Crippen LogP contribution in [0, 0.1) is 0 Å². The van der Waals surface area contributed by atoms with Gasteiger partial charge in [0.25, 0.3) is 0 Å². The Hall–Kier alpha value is -1.45. The molecule has 0 aliphatic heterocycles. The molecule has 0 aliphatic rings. The maximum atomic E-state index is 11.6. The van der Waals surface area contributed by atoms with Gasteiger partial charge in [-0.2, -0.15) is 9.82 Å². The fourth-order valence-corrected chi connectivity index (χ4v) is 2.14. The molecule has 0 saturated heterocycles. The summed E-state index contributed by atoms with van der Waals surface area (Å²) in [4.78, 5) is 10.5. The fraction of sp³-hybridized carbons (Fsp3) is 0.429. The van der Waals surface area contributed by atoms with Crippen molar-refractivity contribution < 1.29 is 23.4 Å². The van der Waals surface area contributed by atoms with E-state index in [1.165, 1.54) is 6.92 Å². The Morgan fingerprint density at radius 2 is 2.25 bits per heavy atom. The molecule has 90 valence electrons. The van der Waals surface area contributed by atoms with Gasteiger partial charge in [0.15, 0.2) is 0 Å². The molecule has 0 saturated carbocycles. The third kappa shape index (κ3) is 2.78. The summed E-state index contributed by atoms with van der Waals surface area (Å²) in [7, 11) is -3.99. The summed E-state index contributed by atoms with van der Waals surface area (Å²) in [6.07, 6.45) is 0.784. The van der Waals surface area contributed by atoms with Gasteiger partial charge in [-0.25, -0.2) is 8.42 Å². The highest BCUT2D eigenvalue weighted by Gasteiger charge is 2.29. The van der Waals surface area contributed by atoms with Crippen molar-refractivity contribution in [3.63, 3.8) is 0 Å². The molecule has 1 rings (SSSR count). The number of aliphatic hydroxyl groups is 1. The number of carbonyl (C=O) groups is 1. The van der Waals surface area contributed by atoms with Crippen LogP contribution in [0.15, 0.2) is 17.3 Å². The van der Waals surface area contributed by atoms with Crippen molar-refractivity contribution >= 4 is 16.0 Å². The van der Waals surface area contributed by atoms with Crippen LogP contribution in [-0.2, 0) is 14.8 Å². The van der Waals surface area contributed by atoms with Gasteiger partial charge in [-0.3, -0.25) is 9.89 Å². The number of sulfonamides is 1. The number of hydrogen-bond donors (Lipinski definition) is 4. The number of H-pyrrole nitrogens is 1. The monoisotopic (exact) mass is 249 g/mol. The molecule has 0 aliphatic carbocycles. The summed E-state index contributed by atoms with van der Waals surface area (Å²) in [5.74, 6) is -1.46. The van der Waals surface area contributed by atoms with E-state index in [9.17, 15) is 13.2 Å². The van der Waals surface area contributed by atoms with Crippen LogP contribution in [0.1, 0.15) is 6.92 Å². The minimum atomic E-state index is -3.99. The Bertz CT molecular complexity index is 452. The molecule has 0 bridgehead atoms. The van der Waals surface area contributed by atoms with Crippen LogP contribution < -0.4 is 4.72 Å². The normalized spacial score (nSPS) is 15.6. The van der Waals surface area contributed by atoms with Gasteiger partial charge in [-0.1, -0.05) is 0 Å². The highest BCUT2D eigenvalue weighted by atomic mass is 32.2. The Labute approximate surface area is 91.3 Å². The first-order valence-corrected chi connectivity index (χ1v) is 5.75. The number of aliphatic carboxylic acids is 1. The lowest BCUT2D eigenvalue weighted by molar-refractivity contribution is -0.141. The Balaban J connectivity index is 2.92. The topological polar surface area (TPSA) is 132 Å². The third-order valence-corrected chi connectivity index (χ3v) is 3.22. The van der Waals surface area contributed by atoms with Crippen molar-refractivity contribution in [1.82, 2.24) is 14.9 Å². The molecule has 8 nitrogen and oxygen atoms in total. The highest BCUT2D eigenvalue weighted by Crippen LogP contribution is 2.07. The van der Waals surface area contributed by atoms with Gasteiger partial charge >= 0.3 is 5.97 Å². The number of aromatic amines is 1. The first-order valence-electron chi connectivity index (χ1n) is 4.26. The zero-order valence-electron chi connectivity index (χ0n) is 8.28. The Morgan fingerprint density at radius 3 is 2.62 bits per heavy atom. The smallest absolute Gasteiger partial charge is 0.324 e. The summed E-state index contributed by atoms with van der Waals surface area (Å²) in [5, 5.41) is 23.5. The van der Waals surface area contributed by atoms with Crippen molar-refractivity contribution in [2.24, 2.45) is 0 Å². The van der Waals surface area contributed by atoms with E-state index in [-0.39, 0.29) is 4.90 Å². The molecule has 1 aromatic heterocycles. The predicted octanol–water partition coefficient (Wildman–Crippen LogP) is -1.48. The van der Waals surface area contributed by atoms with Crippen LogP contribution in [0.3, 0.4) is 0 Å². The van der Waals surface area contributed by atoms with E-state index in [1.807, 2.05) is 4.72 Å². The second kappa shape index (κ2) is 4.60. The van der Waals surface area contributed by atoms with Crippen molar-refractivity contribution in [2.45, 2.75) is 24.0 Å². The van der Waals surface area contributed by atoms with Gasteiger partial charge in [-0.05, 0) is 6.92 Å². The molecular weight excluding hydrogens is 238 g/mol. The highest BCUT2D eigenvalue weighted by molar-refractivity contribution is 7.89. The van der Waals surface area contributed by atoms with Crippen LogP contribution in [0.2, 0.25) is 0 Å². The van der Waals surface area contributed by atoms with Crippen LogP contribution >= 0.6 is 0 Å². The van der Waals surface area contributed by atoms with E-state index in [0.717, 1.165) is 12.4 Å². The van der Waals surface area contributed by atoms with Crippen LogP contribution in [0.25, 0.3) is 0 Å². The van der Waals surface area contributed by atoms with Crippen molar-refractivity contribution in [1.29, 1.82) is 0 Å². The van der Waals surface area contributed by atoms with Gasteiger partial charge in [-0.15, -0.1) is 0 Å². The molecule has 0 fully saturated rings. The molecule has 2 unspecified atom stereocenters. The molecule has 0 aromatic carbocycles. The van der Waals surface area contributed by atoms with E-state index >= 15 is 0 Å². The van der Waals surface area contributed by atoms with E-state index in [1.54, 1.807) is 0 Å². The number of aliphatic hydroxyl groups excluding tert-OH is 1. The number of nitrogens with one attached hydrogen (secondary N) is 2. The summed E-state index contributed by atoms with van der Waals surface area (Å²) in [6.45, 7) is 1.18. The quantitative estimate of drug-likeness (QED) is 0.503. The number of rotatable bonds is 5. The molecule has 0 amide bonds. The standard InChI is InChI=1S/C7H11N3O5S/c1-4(11)6(7(12)13)10-16(14,15)5-2-8-9-3-5/h2-4,6,10-11H,1H3,(H,8,9)(H,12,13). The SMILES string of the molecule is CC(O)C(NS(=O)(=O)c1cn[nH]c1)C(=O)O. The zero-order valence-corrected chi connectivity index (χ0v) is 9.10. The summed E-state index contributed by atoms with van der Waals surface area (Å²) >= 11 is 0. The van der Waals surface area contributed by atoms with Gasteiger partial charge in [0.2, 0.25) is 10.0 Å². The summed E-state index contributed by atoms with van der Waals surface area (Å²) < 4.78 is 25.0. The number of nitrogens with zero attached hydrogens (tertiary/aromatic N) is 1. The van der Waals surface area contributed by atoms with Crippen LogP contribution in [0.4, 0.5) is 0 Å². The molecule has 0 spiro atoms. The summed E-state index contributed by atoms with van der Waals surface area (Å²) in [5.41, 5.74) is 0. The molecule has 2 atom stereocenters. The molecule has 0 radical (unpaired) electrons. The number of aromatic nitrogens is 2. The molecule has 1 aromatic rings. The minimum Gasteiger partial charge on any atom is -0.480 e. The molecule has 1 heterocycles. The minimum absolute atomic E-state index is 0.195. The lowest BCUT2D eigenvalue weighted by Crippen LogP contribution is -2.47. The third-order valence-electron chi connectivity index (χ3n) is 1.81. The molecule has 4 N–H and O–H groups in total. The van der Waals surface area contributed by atoms with Crippen molar-refractivity contribution in [3.8, 4) is 0 Å². The van der Waals surface area contributed by atoms with Gasteiger partial charge in [0.05, 0.1) is 12.3 Å². The van der Waals surface area contributed by atoms with Gasteiger partial charge in [0, 0.05) is 6.20 Å². The molecular formula is C7H11N3O5S. The number of hydrogen-bond acceptors (Lipinski definition) is 5. The second-order valence-corrected chi connectivity index (χ2v) is 4.83. The maximum Gasteiger partial charge on any atom is 0.324 e. The van der Waals surface area contributed by atoms with Crippen molar-refractivity contribution in [2.75, 3.05) is 0 Å². The zero-order chi connectivity index (χ0) is 12.3. The lowest BCUT2D eigenvalue weighted by Gasteiger charge is -2.16. The maximum absolute atomic E-state index is 11.6. The first kappa shape index (κ1) is 12.6. The predicted molar refractivity (Wildman–Crippen MR) is 52.0 cm³/mol. The number of carboxylic acid groups (broad SMARTS) is 1. The van der Waals surface area contributed by atoms with Gasteiger partial charge in [0.1, 0.15) is 10.9 Å². The number of carboxylic acids is 1. The Morgan fingerprint density at radius 1 is 1.62 bits per heavy atom. The van der Waals surface area contributed by atoms with E-state index < -0.39 is 28.1 Å². The van der Waals surface area contributed by atoms with E-state index in [0.29, 0.717) is 0 Å². The summed E-state index contributed by atoms with van der Waals surface area (Å²) in [6, 6.07) is -1.60.